The molecule has 0 aliphatic carbocycles. The second-order valence-corrected chi connectivity index (χ2v) is 5.38. The van der Waals surface area contributed by atoms with Gasteiger partial charge in [-0.15, -0.1) is 0 Å². The minimum absolute atomic E-state index is 0.105. The average molecular weight is 285 g/mol. The summed E-state index contributed by atoms with van der Waals surface area (Å²) in [6.45, 7) is 5.90. The van der Waals surface area contributed by atoms with Gasteiger partial charge in [0.05, 0.1) is 12.5 Å². The molecule has 7 nitrogen and oxygen atoms in total. The third-order valence-corrected chi connectivity index (χ3v) is 4.16. The quantitative estimate of drug-likeness (QED) is 0.781. The number of hydrogen-bond donors (Lipinski definition) is 1. The zero-order valence-corrected chi connectivity index (χ0v) is 12.1. The number of amides is 1. The summed E-state index contributed by atoms with van der Waals surface area (Å²) >= 11 is 0. The molecule has 1 N–H and O–H groups in total. The predicted molar refractivity (Wildman–Crippen MR) is 72.4 cm³/mol. The molecule has 1 amide bonds. The Morgan fingerprint density at radius 2 is 2.00 bits per heavy atom. The van der Waals surface area contributed by atoms with Crippen molar-refractivity contribution < 1.29 is 19.4 Å². The Labute approximate surface area is 119 Å². The van der Waals surface area contributed by atoms with Crippen LogP contribution in [0.15, 0.2) is 0 Å². The van der Waals surface area contributed by atoms with Crippen molar-refractivity contribution in [3.8, 4) is 0 Å². The van der Waals surface area contributed by atoms with E-state index in [4.69, 9.17) is 9.84 Å². The Morgan fingerprint density at radius 3 is 2.55 bits per heavy atom. The highest BCUT2D eigenvalue weighted by molar-refractivity contribution is 5.70. The van der Waals surface area contributed by atoms with E-state index in [1.165, 1.54) is 0 Å². The lowest BCUT2D eigenvalue weighted by molar-refractivity contribution is -0.137. The van der Waals surface area contributed by atoms with Crippen LogP contribution in [0.2, 0.25) is 0 Å². The molecule has 2 heterocycles. The Hall–Kier alpha value is -1.34. The molecule has 0 saturated carbocycles. The second-order valence-electron chi connectivity index (χ2n) is 5.38. The first-order valence-electron chi connectivity index (χ1n) is 7.14. The van der Waals surface area contributed by atoms with Crippen molar-refractivity contribution in [2.24, 2.45) is 0 Å². The highest BCUT2D eigenvalue weighted by Crippen LogP contribution is 2.24. The first-order valence-corrected chi connectivity index (χ1v) is 7.14. The summed E-state index contributed by atoms with van der Waals surface area (Å²) in [4.78, 5) is 28.2. The van der Waals surface area contributed by atoms with E-state index >= 15 is 0 Å². The summed E-state index contributed by atoms with van der Waals surface area (Å²) in [5.74, 6) is -0.759. The van der Waals surface area contributed by atoms with Crippen LogP contribution < -0.4 is 0 Å². The number of aliphatic carboxylic acids is 1. The highest BCUT2D eigenvalue weighted by Gasteiger charge is 2.42. The lowest BCUT2D eigenvalue weighted by atomic mass is 10.1. The molecule has 2 rings (SSSR count). The van der Waals surface area contributed by atoms with Gasteiger partial charge < -0.3 is 19.6 Å². The summed E-state index contributed by atoms with van der Waals surface area (Å²) < 4.78 is 5.45. The Kier molecular flexibility index (Phi) is 4.82. The van der Waals surface area contributed by atoms with Crippen molar-refractivity contribution in [3.63, 3.8) is 0 Å². The van der Waals surface area contributed by atoms with E-state index in [9.17, 15) is 9.59 Å². The van der Waals surface area contributed by atoms with Crippen molar-refractivity contribution in [3.05, 3.63) is 0 Å². The Morgan fingerprint density at radius 1 is 1.35 bits per heavy atom. The fraction of sp³-hybridized carbons (Fsp3) is 0.846. The summed E-state index contributed by atoms with van der Waals surface area (Å²) in [7, 11) is 1.78. The van der Waals surface area contributed by atoms with E-state index in [1.54, 1.807) is 11.9 Å². The molecule has 2 saturated heterocycles. The molecule has 0 aromatic carbocycles. The number of ether oxygens (including phenoxy) is 1. The summed E-state index contributed by atoms with van der Waals surface area (Å²) in [5, 5.41) is 8.69. The smallest absolute Gasteiger partial charge is 0.411 e. The van der Waals surface area contributed by atoms with Gasteiger partial charge in [0, 0.05) is 39.8 Å². The van der Waals surface area contributed by atoms with Crippen molar-refractivity contribution in [1.29, 1.82) is 0 Å². The molecule has 0 bridgehead atoms. The van der Waals surface area contributed by atoms with Crippen LogP contribution in [0.1, 0.15) is 19.8 Å². The van der Waals surface area contributed by atoms with Crippen LogP contribution in [0.25, 0.3) is 0 Å². The number of rotatable bonds is 5. The zero-order chi connectivity index (χ0) is 14.7. The number of cyclic esters (lactones) is 1. The fourth-order valence-electron chi connectivity index (χ4n) is 2.88. The van der Waals surface area contributed by atoms with Crippen LogP contribution >= 0.6 is 0 Å². The molecule has 0 radical (unpaired) electrons. The topological polar surface area (TPSA) is 73.3 Å². The second kappa shape index (κ2) is 6.41. The van der Waals surface area contributed by atoms with Crippen molar-refractivity contribution in [1.82, 2.24) is 14.7 Å². The molecule has 20 heavy (non-hydrogen) atoms. The van der Waals surface area contributed by atoms with Crippen LogP contribution in [0, 0.1) is 0 Å². The molecule has 0 aromatic rings. The normalized spacial score (nSPS) is 28.7. The van der Waals surface area contributed by atoms with Gasteiger partial charge in [0.25, 0.3) is 0 Å². The predicted octanol–water partition coefficient (Wildman–Crippen LogP) is 0.265. The molecule has 7 heteroatoms. The van der Waals surface area contributed by atoms with Gasteiger partial charge in [0.1, 0.15) is 0 Å². The molecule has 0 spiro atoms. The average Bonchev–Trinajstić information content (AvgIpc) is 2.72. The van der Waals surface area contributed by atoms with Crippen LogP contribution in [-0.2, 0) is 9.53 Å². The lowest BCUT2D eigenvalue weighted by Crippen LogP contribution is -2.54. The van der Waals surface area contributed by atoms with E-state index < -0.39 is 5.97 Å². The SMILES string of the molecule is CCC1C(N2CCN(CCC(=O)O)CC2)OC(=O)N1C. The number of piperazine rings is 1. The van der Waals surface area contributed by atoms with E-state index in [0.29, 0.717) is 6.54 Å². The van der Waals surface area contributed by atoms with Gasteiger partial charge in [0.15, 0.2) is 6.23 Å². The van der Waals surface area contributed by atoms with Crippen LogP contribution in [0.4, 0.5) is 4.79 Å². The lowest BCUT2D eigenvalue weighted by Gasteiger charge is -2.38. The maximum absolute atomic E-state index is 11.6. The van der Waals surface area contributed by atoms with Gasteiger partial charge in [-0.25, -0.2) is 4.79 Å². The number of hydrogen-bond acceptors (Lipinski definition) is 5. The monoisotopic (exact) mass is 285 g/mol. The van der Waals surface area contributed by atoms with E-state index in [0.717, 1.165) is 32.6 Å². The molecule has 114 valence electrons. The number of carboxylic acid groups (broad SMARTS) is 1. The number of nitrogens with zero attached hydrogens (tertiary/aromatic N) is 3. The van der Waals surface area contributed by atoms with Crippen LogP contribution in [-0.4, -0.2) is 83.9 Å². The first kappa shape index (κ1) is 15.1. The van der Waals surface area contributed by atoms with Crippen molar-refractivity contribution in [2.75, 3.05) is 39.8 Å². The summed E-state index contributed by atoms with van der Waals surface area (Å²) in [5.41, 5.74) is 0. The molecule has 0 aromatic heterocycles. The minimum atomic E-state index is -0.759. The summed E-state index contributed by atoms with van der Waals surface area (Å²) in [6.07, 6.45) is 0.625. The molecule has 2 fully saturated rings. The van der Waals surface area contributed by atoms with E-state index in [2.05, 4.69) is 16.7 Å². The zero-order valence-electron chi connectivity index (χ0n) is 12.1. The molecule has 2 aliphatic heterocycles. The highest BCUT2D eigenvalue weighted by atomic mass is 16.6. The fourth-order valence-corrected chi connectivity index (χ4v) is 2.88. The first-order chi connectivity index (χ1) is 9.52. The number of carbonyl (C=O) groups excluding carboxylic acids is 1. The van der Waals surface area contributed by atoms with Gasteiger partial charge in [-0.2, -0.15) is 0 Å². The number of carboxylic acids is 1. The molecule has 2 atom stereocenters. The van der Waals surface area contributed by atoms with E-state index in [-0.39, 0.29) is 24.8 Å². The molecular weight excluding hydrogens is 262 g/mol. The minimum Gasteiger partial charge on any atom is -0.481 e. The standard InChI is InChI=1S/C13H23N3O4/c1-3-10-12(20-13(19)14(10)2)16-8-6-15(7-9-16)5-4-11(17)18/h10,12H,3-9H2,1-2H3,(H,17,18). The van der Waals surface area contributed by atoms with Gasteiger partial charge >= 0.3 is 12.1 Å². The molecule has 2 aliphatic rings. The number of likely N-dealkylation sites (N-methyl/N-ethyl adjacent to an activating group) is 1. The maximum atomic E-state index is 11.6. The van der Waals surface area contributed by atoms with Crippen molar-refractivity contribution >= 4 is 12.1 Å². The maximum Gasteiger partial charge on any atom is 0.411 e. The van der Waals surface area contributed by atoms with Crippen LogP contribution in [0.5, 0.6) is 0 Å². The Bertz CT molecular complexity index is 369. The number of carbonyl (C=O) groups is 2. The summed E-state index contributed by atoms with van der Waals surface area (Å²) in [6, 6.07) is 0.105. The van der Waals surface area contributed by atoms with Gasteiger partial charge in [-0.05, 0) is 6.42 Å². The molecular formula is C13H23N3O4. The largest absolute Gasteiger partial charge is 0.481 e. The van der Waals surface area contributed by atoms with Crippen LogP contribution in [0.3, 0.4) is 0 Å². The Balaban J connectivity index is 1.84. The van der Waals surface area contributed by atoms with Gasteiger partial charge in [0.2, 0.25) is 0 Å². The van der Waals surface area contributed by atoms with E-state index in [1.807, 2.05) is 0 Å². The molecule has 2 unspecified atom stereocenters. The van der Waals surface area contributed by atoms with Gasteiger partial charge in [-0.1, -0.05) is 6.92 Å². The van der Waals surface area contributed by atoms with Gasteiger partial charge in [-0.3, -0.25) is 9.69 Å². The van der Waals surface area contributed by atoms with Crippen molar-refractivity contribution in [2.45, 2.75) is 32.0 Å². The third-order valence-electron chi connectivity index (χ3n) is 4.16. The third kappa shape index (κ3) is 3.21.